The molecular weight excluding hydrogens is 245 g/mol. The van der Waals surface area contributed by atoms with Crippen LogP contribution in [0.15, 0.2) is 27.5 Å². The average Bonchev–Trinajstić information content (AvgIpc) is 1.88. The van der Waals surface area contributed by atoms with Gasteiger partial charge in [-0.3, -0.25) is 0 Å². The monoisotopic (exact) mass is 248 g/mol. The molecule has 0 N–H and O–H groups in total. The van der Waals surface area contributed by atoms with Crippen molar-refractivity contribution in [2.45, 2.75) is 0 Å². The first-order chi connectivity index (χ1) is 4.70. The molecule has 0 aromatic heterocycles. The minimum absolute atomic E-state index is 0.0837. The lowest BCUT2D eigenvalue weighted by Gasteiger charge is -1.83. The molecule has 10 heavy (non-hydrogen) atoms. The van der Waals surface area contributed by atoms with E-state index in [-0.39, 0.29) is 5.70 Å². The Kier molecular flexibility index (Phi) is 2.13. The predicted molar refractivity (Wildman–Crippen MR) is 45.0 cm³/mol. The Morgan fingerprint density at radius 2 is 2.30 bits per heavy atom. The molecule has 0 unspecified atom stereocenters. The number of nitrogens with zero attached hydrogens (tertiary/aromatic N) is 1. The van der Waals surface area contributed by atoms with Crippen LogP contribution in [0.25, 0.3) is 0 Å². The summed E-state index contributed by atoms with van der Waals surface area (Å²) in [6.45, 7) is 0. The van der Waals surface area contributed by atoms with Gasteiger partial charge in [0.2, 0.25) is 0 Å². The number of hydrogen-bond donors (Lipinski definition) is 0. The number of rotatable bonds is 1. The van der Waals surface area contributed by atoms with Crippen LogP contribution in [0.2, 0.25) is 0 Å². The first kappa shape index (κ1) is 7.37. The van der Waals surface area contributed by atoms with Gasteiger partial charge in [0.25, 0.3) is 0 Å². The zero-order valence-corrected chi connectivity index (χ0v) is 7.03. The van der Waals surface area contributed by atoms with Crippen LogP contribution in [-0.4, -0.2) is 4.92 Å². The molecule has 0 aliphatic heterocycles. The van der Waals surface area contributed by atoms with Gasteiger partial charge >= 0.3 is 5.70 Å². The fraction of sp³-hybridized carbons (Fsp3) is 0. The Labute approximate surface area is 71.4 Å². The molecule has 0 bridgehead atoms. The quantitative estimate of drug-likeness (QED) is 0.307. The van der Waals surface area contributed by atoms with Crippen LogP contribution < -0.4 is 0 Å². The molecule has 1 aliphatic carbocycles. The van der Waals surface area contributed by atoms with Gasteiger partial charge in [0.15, 0.2) is 9.66 Å². The van der Waals surface area contributed by atoms with Gasteiger partial charge in [-0.1, -0.05) is 0 Å². The molecule has 0 saturated carbocycles. The number of halogens is 1. The van der Waals surface area contributed by atoms with Crippen LogP contribution in [0.1, 0.15) is 0 Å². The first-order valence-electron chi connectivity index (χ1n) is 2.52. The zero-order chi connectivity index (χ0) is 7.56. The van der Waals surface area contributed by atoms with Crippen molar-refractivity contribution in [1.29, 1.82) is 0 Å². The molecule has 1 aliphatic rings. The number of allylic oxidation sites excluding steroid dienone is 5. The van der Waals surface area contributed by atoms with Gasteiger partial charge in [-0.15, -0.1) is 0 Å². The van der Waals surface area contributed by atoms with Crippen LogP contribution >= 0.6 is 22.6 Å². The van der Waals surface area contributed by atoms with Crippen LogP contribution in [0.5, 0.6) is 0 Å². The molecule has 0 saturated heterocycles. The van der Waals surface area contributed by atoms with E-state index in [0.29, 0.717) is 0 Å². The Morgan fingerprint density at radius 1 is 1.60 bits per heavy atom. The van der Waals surface area contributed by atoms with Gasteiger partial charge in [-0.05, 0) is 0 Å². The molecule has 0 spiro atoms. The SMILES string of the molecule is O=[N+]([O-])C1=C[C+]=C(I)C=C1. The summed E-state index contributed by atoms with van der Waals surface area (Å²) < 4.78 is 0.878. The van der Waals surface area contributed by atoms with Crippen LogP contribution in [0.4, 0.5) is 0 Å². The van der Waals surface area contributed by atoms with E-state index in [1.54, 1.807) is 6.08 Å². The van der Waals surface area contributed by atoms with Crippen molar-refractivity contribution < 1.29 is 4.92 Å². The normalized spacial score (nSPS) is 15.3. The summed E-state index contributed by atoms with van der Waals surface area (Å²) in [4.78, 5) is 9.66. The predicted octanol–water partition coefficient (Wildman–Crippen LogP) is 1.84. The van der Waals surface area contributed by atoms with Crippen LogP contribution in [0, 0.1) is 16.2 Å². The number of nitro groups is 1. The fourth-order valence-electron chi connectivity index (χ4n) is 0.511. The van der Waals surface area contributed by atoms with Crippen molar-refractivity contribution in [2.75, 3.05) is 0 Å². The zero-order valence-electron chi connectivity index (χ0n) is 4.87. The van der Waals surface area contributed by atoms with E-state index >= 15 is 0 Å². The second kappa shape index (κ2) is 2.90. The molecule has 4 heteroatoms. The van der Waals surface area contributed by atoms with Crippen LogP contribution in [0.3, 0.4) is 0 Å². The summed E-state index contributed by atoms with van der Waals surface area (Å²) in [5.74, 6) is 0. The molecule has 0 radical (unpaired) electrons. The lowest BCUT2D eigenvalue weighted by atomic mass is 10.2. The second-order valence-corrected chi connectivity index (χ2v) is 2.81. The maximum Gasteiger partial charge on any atom is 0.378 e. The molecular formula is C6H3INO2+. The first-order valence-corrected chi connectivity index (χ1v) is 3.59. The summed E-state index contributed by atoms with van der Waals surface area (Å²) in [5, 5.41) is 10.1. The third kappa shape index (κ3) is 1.62. The summed E-state index contributed by atoms with van der Waals surface area (Å²) in [7, 11) is 0. The molecule has 0 heterocycles. The van der Waals surface area contributed by atoms with Gasteiger partial charge in [-0.25, -0.2) is 10.1 Å². The van der Waals surface area contributed by atoms with Crippen molar-refractivity contribution in [2.24, 2.45) is 0 Å². The molecule has 0 aromatic carbocycles. The minimum atomic E-state index is -0.438. The van der Waals surface area contributed by atoms with Crippen molar-refractivity contribution in [3.05, 3.63) is 43.7 Å². The fourth-order valence-corrected chi connectivity index (χ4v) is 0.847. The second-order valence-electron chi connectivity index (χ2n) is 1.65. The Morgan fingerprint density at radius 3 is 2.70 bits per heavy atom. The van der Waals surface area contributed by atoms with E-state index in [2.05, 4.69) is 6.08 Å². The topological polar surface area (TPSA) is 43.1 Å². The van der Waals surface area contributed by atoms with E-state index in [0.717, 1.165) is 3.58 Å². The maximum absolute atomic E-state index is 10.1. The van der Waals surface area contributed by atoms with E-state index < -0.39 is 4.92 Å². The van der Waals surface area contributed by atoms with Crippen molar-refractivity contribution in [3.63, 3.8) is 0 Å². The summed E-state index contributed by atoms with van der Waals surface area (Å²) in [6, 6.07) is 0. The van der Waals surface area contributed by atoms with Gasteiger partial charge < -0.3 is 0 Å². The highest BCUT2D eigenvalue weighted by Crippen LogP contribution is 2.14. The van der Waals surface area contributed by atoms with Crippen molar-refractivity contribution >= 4 is 22.6 Å². The van der Waals surface area contributed by atoms with Gasteiger partial charge in [0.1, 0.15) is 11.0 Å². The maximum atomic E-state index is 10.1. The van der Waals surface area contributed by atoms with Gasteiger partial charge in [-0.2, -0.15) is 0 Å². The Hall–Kier alpha value is -0.740. The minimum Gasteiger partial charge on any atom is -0.246 e. The Balaban J connectivity index is 2.88. The van der Waals surface area contributed by atoms with Gasteiger partial charge in [0.05, 0.1) is 12.2 Å². The molecule has 50 valence electrons. The molecule has 1 rings (SSSR count). The smallest absolute Gasteiger partial charge is 0.246 e. The summed E-state index contributed by atoms with van der Waals surface area (Å²) in [5.41, 5.74) is 0.0837. The highest BCUT2D eigenvalue weighted by Gasteiger charge is 2.17. The average molecular weight is 248 g/mol. The third-order valence-corrected chi connectivity index (χ3v) is 1.64. The standard InChI is InChI=1S/C6H3INO2/c7-5-1-3-6(4-2-5)8(9)10/h1,3-4H/q+1. The third-order valence-electron chi connectivity index (χ3n) is 0.969. The Bertz CT molecular complexity index is 252. The van der Waals surface area contributed by atoms with Gasteiger partial charge in [0, 0.05) is 22.6 Å². The van der Waals surface area contributed by atoms with E-state index in [4.69, 9.17) is 0 Å². The number of hydrogen-bond acceptors (Lipinski definition) is 2. The van der Waals surface area contributed by atoms with E-state index in [9.17, 15) is 10.1 Å². The molecule has 0 fully saturated rings. The highest BCUT2D eigenvalue weighted by molar-refractivity contribution is 14.1. The molecule has 0 atom stereocenters. The highest BCUT2D eigenvalue weighted by atomic mass is 127. The molecule has 0 aromatic rings. The van der Waals surface area contributed by atoms with Crippen molar-refractivity contribution in [3.8, 4) is 0 Å². The van der Waals surface area contributed by atoms with E-state index in [1.165, 1.54) is 12.2 Å². The lowest BCUT2D eigenvalue weighted by molar-refractivity contribution is -0.419. The molecule has 0 amide bonds. The summed E-state index contributed by atoms with van der Waals surface area (Å²) in [6.07, 6.45) is 7.20. The largest absolute Gasteiger partial charge is 0.378 e. The molecule has 3 nitrogen and oxygen atoms in total. The van der Waals surface area contributed by atoms with Crippen molar-refractivity contribution in [1.82, 2.24) is 0 Å². The van der Waals surface area contributed by atoms with E-state index in [1.807, 2.05) is 22.6 Å². The van der Waals surface area contributed by atoms with Crippen LogP contribution in [-0.2, 0) is 0 Å². The summed E-state index contributed by atoms with van der Waals surface area (Å²) >= 11 is 2.04. The lowest BCUT2D eigenvalue weighted by Crippen LogP contribution is -1.96.